The highest BCUT2D eigenvalue weighted by Crippen LogP contribution is 2.41. The third kappa shape index (κ3) is 4.03. The molecule has 0 atom stereocenters. The molecule has 1 aromatic carbocycles. The maximum Gasteiger partial charge on any atom is 0.418 e. The Labute approximate surface area is 156 Å². The number of hydrogen-bond donors (Lipinski definition) is 0. The van der Waals surface area contributed by atoms with E-state index >= 15 is 0 Å². The van der Waals surface area contributed by atoms with Crippen molar-refractivity contribution >= 4 is 23.3 Å². The van der Waals surface area contributed by atoms with Crippen LogP contribution in [0.4, 0.5) is 24.5 Å². The molecular formula is C17H13F3N2O6. The van der Waals surface area contributed by atoms with E-state index in [1.807, 2.05) is 0 Å². The summed E-state index contributed by atoms with van der Waals surface area (Å²) in [6.07, 6.45) is -0.127. The third-order valence-electron chi connectivity index (χ3n) is 3.65. The van der Waals surface area contributed by atoms with Crippen LogP contribution in [-0.4, -0.2) is 31.1 Å². The van der Waals surface area contributed by atoms with Gasteiger partial charge in [0.25, 0.3) is 5.69 Å². The van der Waals surface area contributed by atoms with Crippen LogP contribution in [0.5, 0.6) is 0 Å². The first kappa shape index (κ1) is 20.7. The highest BCUT2D eigenvalue weighted by atomic mass is 19.4. The Hall–Kier alpha value is -3.63. The lowest BCUT2D eigenvalue weighted by Crippen LogP contribution is -2.28. The second kappa shape index (κ2) is 7.94. The molecule has 0 N–H and O–H groups in total. The minimum absolute atomic E-state index is 0.341. The van der Waals surface area contributed by atoms with Crippen LogP contribution >= 0.6 is 0 Å². The van der Waals surface area contributed by atoms with Gasteiger partial charge in [-0.15, -0.1) is 0 Å². The van der Waals surface area contributed by atoms with Gasteiger partial charge in [-0.2, -0.15) is 13.2 Å². The molecule has 0 aromatic heterocycles. The Morgan fingerprint density at radius 3 is 2.29 bits per heavy atom. The first-order chi connectivity index (χ1) is 13.1. The average Bonchev–Trinajstić information content (AvgIpc) is 2.88. The fraction of sp³-hybridized carbons (Fsp3) is 0.176. The van der Waals surface area contributed by atoms with Gasteiger partial charge in [-0.1, -0.05) is 6.08 Å². The van der Waals surface area contributed by atoms with Crippen LogP contribution < -0.4 is 4.90 Å². The smallest absolute Gasteiger partial charge is 0.418 e. The van der Waals surface area contributed by atoms with Crippen LogP contribution in [0.1, 0.15) is 5.56 Å². The summed E-state index contributed by atoms with van der Waals surface area (Å²) in [6, 6.07) is 2.02. The molecule has 1 heterocycles. The van der Waals surface area contributed by atoms with E-state index in [0.717, 1.165) is 37.5 Å². The van der Waals surface area contributed by atoms with Crippen LogP contribution in [0.3, 0.4) is 0 Å². The highest BCUT2D eigenvalue weighted by molar-refractivity contribution is 6.05. The SMILES string of the molecule is COC(=O)C1=C(C(=O)OC)N(c2ccc([N+](=O)[O-])cc2C(F)(F)F)C=CC=C1. The molecule has 1 aliphatic heterocycles. The van der Waals surface area contributed by atoms with Crippen LogP contribution in [-0.2, 0) is 25.2 Å². The summed E-state index contributed by atoms with van der Waals surface area (Å²) in [7, 11) is 2.02. The monoisotopic (exact) mass is 398 g/mol. The first-order valence-corrected chi connectivity index (χ1v) is 7.52. The van der Waals surface area contributed by atoms with E-state index in [4.69, 9.17) is 0 Å². The van der Waals surface area contributed by atoms with Gasteiger partial charge in [0.1, 0.15) is 5.70 Å². The van der Waals surface area contributed by atoms with Crippen molar-refractivity contribution < 1.29 is 37.2 Å². The van der Waals surface area contributed by atoms with Crippen molar-refractivity contribution in [2.45, 2.75) is 6.18 Å². The summed E-state index contributed by atoms with van der Waals surface area (Å²) in [5.74, 6) is -2.09. The fourth-order valence-electron chi connectivity index (χ4n) is 2.43. The molecule has 0 fully saturated rings. The molecule has 148 valence electrons. The number of carbonyl (C=O) groups is 2. The molecule has 0 saturated heterocycles. The van der Waals surface area contributed by atoms with Crippen molar-refractivity contribution in [1.29, 1.82) is 0 Å². The molecule has 0 aliphatic carbocycles. The number of anilines is 1. The van der Waals surface area contributed by atoms with Crippen molar-refractivity contribution in [2.24, 2.45) is 0 Å². The van der Waals surface area contributed by atoms with Gasteiger partial charge in [0.15, 0.2) is 0 Å². The average molecular weight is 398 g/mol. The number of allylic oxidation sites excluding steroid dienone is 2. The Morgan fingerprint density at radius 2 is 1.75 bits per heavy atom. The minimum atomic E-state index is -4.98. The summed E-state index contributed by atoms with van der Waals surface area (Å²) in [4.78, 5) is 35.0. The number of carbonyl (C=O) groups excluding carboxylic acids is 2. The molecule has 0 radical (unpaired) electrons. The number of nitro benzene ring substituents is 1. The summed E-state index contributed by atoms with van der Waals surface area (Å²) >= 11 is 0. The van der Waals surface area contributed by atoms with E-state index in [2.05, 4.69) is 9.47 Å². The van der Waals surface area contributed by atoms with Crippen LogP contribution in [0.25, 0.3) is 0 Å². The number of esters is 2. The summed E-state index contributed by atoms with van der Waals surface area (Å²) < 4.78 is 49.9. The van der Waals surface area contributed by atoms with Gasteiger partial charge in [0.2, 0.25) is 0 Å². The second-order valence-corrected chi connectivity index (χ2v) is 5.27. The molecule has 0 amide bonds. The molecule has 0 bridgehead atoms. The molecular weight excluding hydrogens is 385 g/mol. The standard InChI is InChI=1S/C17H13F3N2O6/c1-27-15(23)11-5-3-4-8-21(14(11)16(24)28-2)13-7-6-10(22(25)26)9-12(13)17(18,19)20/h3-9H,1-2H3. The van der Waals surface area contributed by atoms with E-state index in [0.29, 0.717) is 6.07 Å². The second-order valence-electron chi connectivity index (χ2n) is 5.27. The number of benzene rings is 1. The zero-order valence-corrected chi connectivity index (χ0v) is 14.5. The number of non-ortho nitro benzene ring substituents is 1. The molecule has 0 saturated carbocycles. The van der Waals surface area contributed by atoms with Crippen LogP contribution in [0.15, 0.2) is 53.9 Å². The predicted molar refractivity (Wildman–Crippen MR) is 89.9 cm³/mol. The number of alkyl halides is 3. The normalized spacial score (nSPS) is 14.0. The molecule has 1 aliphatic rings. The Balaban J connectivity index is 2.82. The number of halogens is 3. The van der Waals surface area contributed by atoms with E-state index in [-0.39, 0.29) is 5.57 Å². The lowest BCUT2D eigenvalue weighted by Gasteiger charge is -2.25. The molecule has 2 rings (SSSR count). The Morgan fingerprint density at radius 1 is 1.11 bits per heavy atom. The maximum absolute atomic E-state index is 13.6. The fourth-order valence-corrected chi connectivity index (χ4v) is 2.43. The largest absolute Gasteiger partial charge is 0.465 e. The summed E-state index contributed by atoms with van der Waals surface area (Å²) in [5.41, 5.74) is -3.67. The van der Waals surface area contributed by atoms with E-state index in [1.54, 1.807) is 0 Å². The minimum Gasteiger partial charge on any atom is -0.465 e. The van der Waals surface area contributed by atoms with E-state index in [9.17, 15) is 32.9 Å². The molecule has 0 unspecified atom stereocenters. The third-order valence-corrected chi connectivity index (χ3v) is 3.65. The van der Waals surface area contributed by atoms with Gasteiger partial charge in [-0.05, 0) is 18.2 Å². The molecule has 8 nitrogen and oxygen atoms in total. The molecule has 1 aromatic rings. The number of rotatable bonds is 4. The Bertz CT molecular complexity index is 918. The maximum atomic E-state index is 13.6. The van der Waals surface area contributed by atoms with Crippen molar-refractivity contribution in [2.75, 3.05) is 19.1 Å². The lowest BCUT2D eigenvalue weighted by molar-refractivity contribution is -0.385. The number of nitrogens with zero attached hydrogens (tertiary/aromatic N) is 2. The van der Waals surface area contributed by atoms with Gasteiger partial charge >= 0.3 is 18.1 Å². The van der Waals surface area contributed by atoms with Gasteiger partial charge in [-0.3, -0.25) is 10.1 Å². The van der Waals surface area contributed by atoms with E-state index in [1.165, 1.54) is 18.2 Å². The van der Waals surface area contributed by atoms with Gasteiger partial charge in [0, 0.05) is 18.3 Å². The van der Waals surface area contributed by atoms with Crippen LogP contribution in [0.2, 0.25) is 0 Å². The quantitative estimate of drug-likeness (QED) is 0.437. The van der Waals surface area contributed by atoms with Crippen molar-refractivity contribution in [3.05, 3.63) is 69.6 Å². The number of ether oxygens (including phenoxy) is 2. The lowest BCUT2D eigenvalue weighted by atomic mass is 10.1. The summed E-state index contributed by atoms with van der Waals surface area (Å²) in [6.45, 7) is 0. The van der Waals surface area contributed by atoms with Gasteiger partial charge in [0.05, 0.1) is 36.0 Å². The van der Waals surface area contributed by atoms with Gasteiger partial charge in [-0.25, -0.2) is 9.59 Å². The van der Waals surface area contributed by atoms with Gasteiger partial charge < -0.3 is 14.4 Å². The summed E-state index contributed by atoms with van der Waals surface area (Å²) in [5, 5.41) is 10.9. The molecule has 0 spiro atoms. The predicted octanol–water partition coefficient (Wildman–Crippen LogP) is 3.10. The molecule has 28 heavy (non-hydrogen) atoms. The van der Waals surface area contributed by atoms with Crippen molar-refractivity contribution in [3.8, 4) is 0 Å². The first-order valence-electron chi connectivity index (χ1n) is 7.52. The zero-order chi connectivity index (χ0) is 21.1. The van der Waals surface area contributed by atoms with E-state index < -0.39 is 45.7 Å². The highest BCUT2D eigenvalue weighted by Gasteiger charge is 2.38. The number of methoxy groups -OCH3 is 2. The topological polar surface area (TPSA) is 99.0 Å². The number of hydrogen-bond acceptors (Lipinski definition) is 7. The van der Waals surface area contributed by atoms with Crippen LogP contribution in [0, 0.1) is 10.1 Å². The zero-order valence-electron chi connectivity index (χ0n) is 14.5. The molecule has 11 heteroatoms. The number of nitro groups is 1. The van der Waals surface area contributed by atoms with Crippen molar-refractivity contribution in [1.82, 2.24) is 0 Å². The Kier molecular flexibility index (Phi) is 5.87. The van der Waals surface area contributed by atoms with Crippen molar-refractivity contribution in [3.63, 3.8) is 0 Å².